The van der Waals surface area contributed by atoms with Crippen molar-refractivity contribution < 1.29 is 22.3 Å². The van der Waals surface area contributed by atoms with Crippen LogP contribution < -0.4 is 5.69 Å². The Morgan fingerprint density at radius 3 is 2.50 bits per heavy atom. The number of H-pyrrole nitrogens is 1. The number of rotatable bonds is 8. The minimum absolute atomic E-state index is 0.0134. The molecule has 1 unspecified atom stereocenters. The number of benzene rings is 1. The molecule has 8 nitrogen and oxygen atoms in total. The van der Waals surface area contributed by atoms with Gasteiger partial charge in [-0.15, -0.1) is 0 Å². The molecule has 4 atom stereocenters. The zero-order valence-corrected chi connectivity index (χ0v) is 23.0. The van der Waals surface area contributed by atoms with Gasteiger partial charge in [0.05, 0.1) is 10.9 Å². The Bertz CT molecular complexity index is 1390. The highest BCUT2D eigenvalue weighted by Gasteiger charge is 2.43. The number of aromatic amines is 1. The van der Waals surface area contributed by atoms with E-state index in [2.05, 4.69) is 10.2 Å². The summed E-state index contributed by atoms with van der Waals surface area (Å²) >= 11 is 0. The maximum atomic E-state index is 15.7. The van der Waals surface area contributed by atoms with Gasteiger partial charge in [-0.1, -0.05) is 31.2 Å². The second-order valence-electron chi connectivity index (χ2n) is 11.5. The molecule has 2 heterocycles. The molecule has 2 aliphatic rings. The van der Waals surface area contributed by atoms with Gasteiger partial charge in [0.2, 0.25) is 10.0 Å². The van der Waals surface area contributed by atoms with E-state index in [4.69, 9.17) is 0 Å². The van der Waals surface area contributed by atoms with Crippen molar-refractivity contribution in [2.75, 3.05) is 0 Å². The molecule has 2 aromatic rings. The fourth-order valence-corrected chi connectivity index (χ4v) is 8.32. The zero-order valence-electron chi connectivity index (χ0n) is 22.2. The van der Waals surface area contributed by atoms with Crippen LogP contribution in [-0.2, 0) is 28.5 Å². The highest BCUT2D eigenvalue weighted by molar-refractivity contribution is 7.89. The molecule has 1 aliphatic carbocycles. The van der Waals surface area contributed by atoms with Gasteiger partial charge in [-0.3, -0.25) is 4.57 Å². The van der Waals surface area contributed by atoms with Gasteiger partial charge >= 0.3 is 5.69 Å². The Hall–Kier alpha value is -2.63. The van der Waals surface area contributed by atoms with Crippen molar-refractivity contribution in [2.24, 2.45) is 5.92 Å². The number of sulfonamides is 1. The maximum absolute atomic E-state index is 15.7. The minimum atomic E-state index is -3.77. The van der Waals surface area contributed by atoms with Crippen molar-refractivity contribution in [3.8, 4) is 0 Å². The second-order valence-corrected chi connectivity index (χ2v) is 13.6. The number of allylic oxidation sites excluding steroid dienone is 4. The van der Waals surface area contributed by atoms with E-state index in [1.807, 2.05) is 24.3 Å². The van der Waals surface area contributed by atoms with Crippen molar-refractivity contribution in [1.29, 1.82) is 0 Å². The first-order chi connectivity index (χ1) is 17.7. The summed E-state index contributed by atoms with van der Waals surface area (Å²) in [6, 6.07) is 1.75. The Kier molecular flexibility index (Phi) is 7.84. The molecule has 0 radical (unpaired) electrons. The lowest BCUT2D eigenvalue weighted by atomic mass is 9.74. The molecular formula is C27H36F2N4O4S. The van der Waals surface area contributed by atoms with Gasteiger partial charge in [0.1, 0.15) is 18.0 Å². The van der Waals surface area contributed by atoms with Crippen molar-refractivity contribution in [1.82, 2.24) is 19.1 Å². The summed E-state index contributed by atoms with van der Waals surface area (Å²) in [6.07, 6.45) is 10.6. The fourth-order valence-electron chi connectivity index (χ4n) is 5.97. The zero-order chi connectivity index (χ0) is 27.9. The topological polar surface area (TPSA) is 108 Å². The summed E-state index contributed by atoms with van der Waals surface area (Å²) in [4.78, 5) is 12.1. The molecule has 1 aromatic carbocycles. The molecule has 208 valence electrons. The minimum Gasteiger partial charge on any atom is -0.390 e. The number of hydrogen-bond acceptors (Lipinski definition) is 5. The molecule has 0 spiro atoms. The Morgan fingerprint density at radius 2 is 1.89 bits per heavy atom. The molecule has 4 rings (SSSR count). The van der Waals surface area contributed by atoms with Gasteiger partial charge in [-0.25, -0.2) is 27.1 Å². The molecule has 0 saturated carbocycles. The summed E-state index contributed by atoms with van der Waals surface area (Å²) in [6.45, 7) is 6.22. The molecule has 2 N–H and O–H groups in total. The Morgan fingerprint density at radius 1 is 1.16 bits per heavy atom. The van der Waals surface area contributed by atoms with E-state index in [9.17, 15) is 18.3 Å². The van der Waals surface area contributed by atoms with E-state index in [-0.39, 0.29) is 42.6 Å². The van der Waals surface area contributed by atoms with Crippen molar-refractivity contribution in [3.05, 3.63) is 76.0 Å². The molecular weight excluding hydrogens is 514 g/mol. The maximum Gasteiger partial charge on any atom is 0.343 e. The number of aliphatic hydroxyl groups is 1. The van der Waals surface area contributed by atoms with Crippen LogP contribution >= 0.6 is 0 Å². The summed E-state index contributed by atoms with van der Waals surface area (Å²) in [7, 11) is -3.77. The standard InChI is InChI=1S/C27H36F2N4O4S/c1-18-10-11-24(19-8-6-5-7-9-19)38(36,37)33(18)14-20-12-23(29)21(13-22(20)28)27(4,15-26(2,3)35)16-32-17-30-31-25(32)34/h5-8,12-13,17-19,24,35H,9-11,14-16H2,1-4H3,(H,31,34)/t18-,19?,24+,27+/m0/s1. The van der Waals surface area contributed by atoms with E-state index in [0.29, 0.717) is 19.3 Å². The molecule has 1 saturated heterocycles. The SMILES string of the molecule is C[C@H]1CC[C@H](C2C=CC=CC2)S(=O)(=O)N1Cc1cc(F)c([C@@](C)(Cn2cn[nH]c2=O)CC(C)(C)O)cc1F. The lowest BCUT2D eigenvalue weighted by molar-refractivity contribution is 0.0420. The van der Waals surface area contributed by atoms with Crippen LogP contribution in [0.5, 0.6) is 0 Å². The molecule has 11 heteroatoms. The van der Waals surface area contributed by atoms with Gasteiger partial charge in [0, 0.05) is 30.1 Å². The predicted molar refractivity (Wildman–Crippen MR) is 141 cm³/mol. The monoisotopic (exact) mass is 550 g/mol. The lowest BCUT2D eigenvalue weighted by Crippen LogP contribution is -2.50. The van der Waals surface area contributed by atoms with Crippen LogP contribution in [-0.4, -0.2) is 49.5 Å². The number of halogens is 2. The van der Waals surface area contributed by atoms with E-state index in [1.54, 1.807) is 27.7 Å². The molecule has 0 bridgehead atoms. The quantitative estimate of drug-likeness (QED) is 0.520. The number of aromatic nitrogens is 3. The molecule has 38 heavy (non-hydrogen) atoms. The first-order valence-electron chi connectivity index (χ1n) is 12.9. The number of nitrogens with one attached hydrogen (secondary N) is 1. The largest absolute Gasteiger partial charge is 0.390 e. The third-order valence-corrected chi connectivity index (χ3v) is 10.1. The van der Waals surface area contributed by atoms with E-state index in [0.717, 1.165) is 12.1 Å². The summed E-state index contributed by atoms with van der Waals surface area (Å²) in [5.41, 5.74) is -3.01. The molecule has 0 amide bonds. The van der Waals surface area contributed by atoms with Crippen LogP contribution in [0.3, 0.4) is 0 Å². The first kappa shape index (κ1) is 28.4. The van der Waals surface area contributed by atoms with Gasteiger partial charge in [-0.05, 0) is 70.1 Å². The first-order valence-corrected chi connectivity index (χ1v) is 14.4. The Labute approximate surface area is 222 Å². The Balaban J connectivity index is 1.67. The van der Waals surface area contributed by atoms with Crippen LogP contribution in [0.25, 0.3) is 0 Å². The van der Waals surface area contributed by atoms with Gasteiger partial charge in [0.25, 0.3) is 0 Å². The van der Waals surface area contributed by atoms with E-state index < -0.39 is 43.6 Å². The van der Waals surface area contributed by atoms with Crippen LogP contribution in [0.15, 0.2) is 47.6 Å². The highest BCUT2D eigenvalue weighted by Crippen LogP contribution is 2.38. The van der Waals surface area contributed by atoms with Gasteiger partial charge in [0.15, 0.2) is 0 Å². The normalized spacial score (nSPS) is 25.4. The van der Waals surface area contributed by atoms with E-state index in [1.165, 1.54) is 15.2 Å². The highest BCUT2D eigenvalue weighted by atomic mass is 32.2. The summed E-state index contributed by atoms with van der Waals surface area (Å²) < 4.78 is 61.0. The average molecular weight is 551 g/mol. The predicted octanol–water partition coefficient (Wildman–Crippen LogP) is 3.78. The van der Waals surface area contributed by atoms with Crippen molar-refractivity contribution in [3.63, 3.8) is 0 Å². The third kappa shape index (κ3) is 5.84. The van der Waals surface area contributed by atoms with Crippen molar-refractivity contribution >= 4 is 10.0 Å². The van der Waals surface area contributed by atoms with Crippen LogP contribution in [0.1, 0.15) is 64.5 Å². The molecule has 1 fully saturated rings. The molecule has 1 aromatic heterocycles. The second kappa shape index (κ2) is 10.5. The number of nitrogens with zero attached hydrogens (tertiary/aromatic N) is 3. The van der Waals surface area contributed by atoms with Gasteiger partial charge in [-0.2, -0.15) is 9.40 Å². The average Bonchev–Trinajstić information content (AvgIpc) is 3.21. The smallest absolute Gasteiger partial charge is 0.343 e. The van der Waals surface area contributed by atoms with Crippen molar-refractivity contribution in [2.45, 2.75) is 88.8 Å². The summed E-state index contributed by atoms with van der Waals surface area (Å²) in [5.74, 6) is -1.63. The molecule has 1 aliphatic heterocycles. The summed E-state index contributed by atoms with van der Waals surface area (Å²) in [5, 5.41) is 15.9. The van der Waals surface area contributed by atoms with Crippen LogP contribution in [0.4, 0.5) is 8.78 Å². The van der Waals surface area contributed by atoms with Crippen LogP contribution in [0.2, 0.25) is 0 Å². The van der Waals surface area contributed by atoms with E-state index >= 15 is 8.78 Å². The lowest BCUT2D eigenvalue weighted by Gasteiger charge is -2.40. The number of hydrogen-bond donors (Lipinski definition) is 2. The van der Waals surface area contributed by atoms with Gasteiger partial charge < -0.3 is 5.11 Å². The van der Waals surface area contributed by atoms with Crippen LogP contribution in [0, 0.1) is 17.6 Å². The third-order valence-electron chi connectivity index (χ3n) is 7.63. The fraction of sp³-hybridized carbons (Fsp3) is 0.556.